The number of piperidine rings is 1. The first kappa shape index (κ1) is 20.5. The predicted octanol–water partition coefficient (Wildman–Crippen LogP) is 2.94. The summed E-state index contributed by atoms with van der Waals surface area (Å²) in [6.45, 7) is 9.69. The lowest BCUT2D eigenvalue weighted by Crippen LogP contribution is -2.46. The van der Waals surface area contributed by atoms with Crippen LogP contribution in [0.4, 0.5) is 4.79 Å². The third-order valence-electron chi connectivity index (χ3n) is 5.49. The Morgan fingerprint density at radius 1 is 1.04 bits per heavy atom. The Bertz CT molecular complexity index is 525. The van der Waals surface area contributed by atoms with Crippen molar-refractivity contribution in [2.75, 3.05) is 26.2 Å². The number of imide groups is 1. The molecule has 4 amide bonds. The van der Waals surface area contributed by atoms with Crippen molar-refractivity contribution >= 4 is 17.8 Å². The first-order valence-electron chi connectivity index (χ1n) is 9.85. The summed E-state index contributed by atoms with van der Waals surface area (Å²) in [7, 11) is 0. The standard InChI is InChI=1S/C20H33N3O3/c1-20(2,3)16-10-14-22(15-11-16)19(26)21-12-6-4-5-7-13-23-17(24)8-9-18(23)25/h8-9,16H,4-7,10-15H2,1-3H3,(H,21,26). The summed E-state index contributed by atoms with van der Waals surface area (Å²) >= 11 is 0. The van der Waals surface area contributed by atoms with E-state index in [9.17, 15) is 14.4 Å². The van der Waals surface area contributed by atoms with Gasteiger partial charge in [-0.3, -0.25) is 14.5 Å². The number of unbranched alkanes of at least 4 members (excludes halogenated alkanes) is 3. The molecule has 0 unspecified atom stereocenters. The molecule has 2 rings (SSSR count). The van der Waals surface area contributed by atoms with E-state index in [-0.39, 0.29) is 17.8 Å². The zero-order chi connectivity index (χ0) is 19.2. The Balaban J connectivity index is 1.50. The fourth-order valence-electron chi connectivity index (χ4n) is 3.66. The van der Waals surface area contributed by atoms with Crippen molar-refractivity contribution in [1.29, 1.82) is 0 Å². The molecule has 0 atom stereocenters. The lowest BCUT2D eigenvalue weighted by molar-refractivity contribution is -0.136. The highest BCUT2D eigenvalue weighted by molar-refractivity contribution is 6.12. The summed E-state index contributed by atoms with van der Waals surface area (Å²) in [6.07, 6.45) is 8.47. The molecule has 0 aromatic carbocycles. The smallest absolute Gasteiger partial charge is 0.317 e. The van der Waals surface area contributed by atoms with Gasteiger partial charge in [0.1, 0.15) is 0 Å². The second kappa shape index (κ2) is 9.19. The maximum absolute atomic E-state index is 12.2. The van der Waals surface area contributed by atoms with Gasteiger partial charge in [-0.1, -0.05) is 33.6 Å². The molecule has 0 saturated carbocycles. The third-order valence-corrected chi connectivity index (χ3v) is 5.49. The largest absolute Gasteiger partial charge is 0.338 e. The van der Waals surface area contributed by atoms with E-state index in [1.165, 1.54) is 17.1 Å². The van der Waals surface area contributed by atoms with E-state index in [1.54, 1.807) is 0 Å². The monoisotopic (exact) mass is 363 g/mol. The number of nitrogens with zero attached hydrogens (tertiary/aromatic N) is 2. The number of carbonyl (C=O) groups excluding carboxylic acids is 3. The molecule has 1 N–H and O–H groups in total. The van der Waals surface area contributed by atoms with Crippen LogP contribution in [-0.2, 0) is 9.59 Å². The van der Waals surface area contributed by atoms with E-state index in [2.05, 4.69) is 26.1 Å². The number of hydrogen-bond acceptors (Lipinski definition) is 3. The van der Waals surface area contributed by atoms with Crippen LogP contribution in [0.25, 0.3) is 0 Å². The maximum atomic E-state index is 12.2. The van der Waals surface area contributed by atoms with Gasteiger partial charge in [0.25, 0.3) is 11.8 Å². The van der Waals surface area contributed by atoms with Gasteiger partial charge in [-0.2, -0.15) is 0 Å². The van der Waals surface area contributed by atoms with Gasteiger partial charge in [0.15, 0.2) is 0 Å². The van der Waals surface area contributed by atoms with Gasteiger partial charge in [0, 0.05) is 38.3 Å². The first-order valence-corrected chi connectivity index (χ1v) is 9.85. The van der Waals surface area contributed by atoms with Crippen LogP contribution in [0.15, 0.2) is 12.2 Å². The molecule has 6 heteroatoms. The second-order valence-electron chi connectivity index (χ2n) is 8.43. The summed E-state index contributed by atoms with van der Waals surface area (Å²) in [4.78, 5) is 38.3. The molecule has 0 radical (unpaired) electrons. The van der Waals surface area contributed by atoms with E-state index in [4.69, 9.17) is 0 Å². The molecule has 2 aliphatic heterocycles. The first-order chi connectivity index (χ1) is 12.3. The Hall–Kier alpha value is -1.85. The van der Waals surface area contributed by atoms with Crippen molar-refractivity contribution in [3.63, 3.8) is 0 Å². The number of hydrogen-bond donors (Lipinski definition) is 1. The number of amides is 4. The average molecular weight is 364 g/mol. The molecule has 0 aromatic rings. The molecule has 26 heavy (non-hydrogen) atoms. The maximum Gasteiger partial charge on any atom is 0.317 e. The van der Waals surface area contributed by atoms with E-state index >= 15 is 0 Å². The Labute approximate surface area is 157 Å². The van der Waals surface area contributed by atoms with Crippen LogP contribution < -0.4 is 5.32 Å². The van der Waals surface area contributed by atoms with E-state index in [0.717, 1.165) is 51.6 Å². The van der Waals surface area contributed by atoms with Crippen LogP contribution in [0.3, 0.4) is 0 Å². The van der Waals surface area contributed by atoms with E-state index in [0.29, 0.717) is 24.4 Å². The molecule has 0 aliphatic carbocycles. The summed E-state index contributed by atoms with van der Waals surface area (Å²) in [6, 6.07) is 0.0525. The van der Waals surface area contributed by atoms with E-state index < -0.39 is 0 Å². The highest BCUT2D eigenvalue weighted by atomic mass is 16.2. The molecule has 146 valence electrons. The molecular weight excluding hydrogens is 330 g/mol. The van der Waals surface area contributed by atoms with Crippen LogP contribution in [-0.4, -0.2) is 53.8 Å². The van der Waals surface area contributed by atoms with Crippen LogP contribution in [0.5, 0.6) is 0 Å². The predicted molar refractivity (Wildman–Crippen MR) is 101 cm³/mol. The van der Waals surface area contributed by atoms with Crippen molar-refractivity contribution in [2.24, 2.45) is 11.3 Å². The lowest BCUT2D eigenvalue weighted by Gasteiger charge is -2.38. The van der Waals surface area contributed by atoms with Crippen molar-refractivity contribution < 1.29 is 14.4 Å². The zero-order valence-corrected chi connectivity index (χ0v) is 16.4. The van der Waals surface area contributed by atoms with Crippen molar-refractivity contribution in [3.8, 4) is 0 Å². The van der Waals surface area contributed by atoms with Crippen molar-refractivity contribution in [1.82, 2.24) is 15.1 Å². The number of likely N-dealkylation sites (tertiary alicyclic amines) is 1. The van der Waals surface area contributed by atoms with Gasteiger partial charge in [-0.05, 0) is 37.0 Å². The normalized spacial score (nSPS) is 18.7. The third kappa shape index (κ3) is 5.85. The van der Waals surface area contributed by atoms with Crippen molar-refractivity contribution in [2.45, 2.75) is 59.3 Å². The lowest BCUT2D eigenvalue weighted by atomic mass is 9.75. The number of carbonyl (C=O) groups is 3. The number of rotatable bonds is 7. The minimum absolute atomic E-state index is 0.0525. The average Bonchev–Trinajstić information content (AvgIpc) is 2.91. The Kier molecular flexibility index (Phi) is 7.23. The molecule has 0 aromatic heterocycles. The second-order valence-corrected chi connectivity index (χ2v) is 8.43. The summed E-state index contributed by atoms with van der Waals surface area (Å²) in [5.41, 5.74) is 0.322. The van der Waals surface area contributed by atoms with Gasteiger partial charge in [-0.15, -0.1) is 0 Å². The summed E-state index contributed by atoms with van der Waals surface area (Å²) in [5.74, 6) is 0.270. The number of nitrogens with one attached hydrogen (secondary N) is 1. The molecule has 1 fully saturated rings. The topological polar surface area (TPSA) is 69.7 Å². The van der Waals surface area contributed by atoms with Crippen LogP contribution in [0.2, 0.25) is 0 Å². The van der Waals surface area contributed by atoms with Gasteiger partial charge >= 0.3 is 6.03 Å². The molecule has 2 aliphatic rings. The summed E-state index contributed by atoms with van der Waals surface area (Å²) < 4.78 is 0. The van der Waals surface area contributed by atoms with Crippen molar-refractivity contribution in [3.05, 3.63) is 12.2 Å². The van der Waals surface area contributed by atoms with Crippen LogP contribution in [0, 0.1) is 11.3 Å². The highest BCUT2D eigenvalue weighted by Crippen LogP contribution is 2.34. The molecule has 0 bridgehead atoms. The molecule has 2 heterocycles. The molecular formula is C20H33N3O3. The SMILES string of the molecule is CC(C)(C)C1CCN(C(=O)NCCCCCCN2C(=O)C=CC2=O)CC1. The fourth-order valence-corrected chi connectivity index (χ4v) is 3.66. The van der Waals surface area contributed by atoms with Gasteiger partial charge in [0.2, 0.25) is 0 Å². The zero-order valence-electron chi connectivity index (χ0n) is 16.4. The molecule has 0 spiro atoms. The highest BCUT2D eigenvalue weighted by Gasteiger charge is 2.30. The Morgan fingerprint density at radius 2 is 1.62 bits per heavy atom. The van der Waals surface area contributed by atoms with E-state index in [1.807, 2.05) is 4.90 Å². The van der Waals surface area contributed by atoms with Gasteiger partial charge < -0.3 is 10.2 Å². The quantitative estimate of drug-likeness (QED) is 0.558. The minimum atomic E-state index is -0.211. The fraction of sp³-hybridized carbons (Fsp3) is 0.750. The molecule has 6 nitrogen and oxygen atoms in total. The Morgan fingerprint density at radius 3 is 2.19 bits per heavy atom. The van der Waals surface area contributed by atoms with Gasteiger partial charge in [-0.25, -0.2) is 4.79 Å². The number of urea groups is 1. The van der Waals surface area contributed by atoms with Crippen LogP contribution >= 0.6 is 0 Å². The minimum Gasteiger partial charge on any atom is -0.338 e. The summed E-state index contributed by atoms with van der Waals surface area (Å²) in [5, 5.41) is 3.01. The van der Waals surface area contributed by atoms with Gasteiger partial charge in [0.05, 0.1) is 0 Å². The van der Waals surface area contributed by atoms with Crippen LogP contribution in [0.1, 0.15) is 59.3 Å². The molecule has 1 saturated heterocycles.